The van der Waals surface area contributed by atoms with Crippen molar-refractivity contribution in [3.63, 3.8) is 0 Å². The van der Waals surface area contributed by atoms with E-state index in [1.165, 1.54) is 4.68 Å². The van der Waals surface area contributed by atoms with Gasteiger partial charge in [0.05, 0.1) is 6.10 Å². The van der Waals surface area contributed by atoms with Crippen LogP contribution in [0.4, 0.5) is 5.82 Å². The van der Waals surface area contributed by atoms with Gasteiger partial charge in [-0.1, -0.05) is 12.1 Å². The summed E-state index contributed by atoms with van der Waals surface area (Å²) in [5, 5.41) is 7.51. The van der Waals surface area contributed by atoms with Crippen molar-refractivity contribution in [2.45, 2.75) is 46.3 Å². The number of esters is 1. The molecule has 1 aliphatic heterocycles. The van der Waals surface area contributed by atoms with Crippen molar-refractivity contribution in [1.82, 2.24) is 19.9 Å². The maximum Gasteiger partial charge on any atom is 0.363 e. The highest BCUT2D eigenvalue weighted by Gasteiger charge is 2.24. The SMILES string of the molecule is CC1CCN(C(=O)Cn2nnc(C(=O)OC(C)C)c2N)CC1. The summed E-state index contributed by atoms with van der Waals surface area (Å²) in [6, 6.07) is 0. The van der Waals surface area contributed by atoms with Gasteiger partial charge in [-0.25, -0.2) is 9.48 Å². The van der Waals surface area contributed by atoms with Crippen LogP contribution >= 0.6 is 0 Å². The number of piperidine rings is 1. The van der Waals surface area contributed by atoms with Crippen LogP contribution in [0.25, 0.3) is 0 Å². The number of carbonyl (C=O) groups excluding carboxylic acids is 2. The number of hydrogen-bond donors (Lipinski definition) is 1. The molecule has 122 valence electrons. The molecular formula is C14H23N5O3. The van der Waals surface area contributed by atoms with Crippen molar-refractivity contribution < 1.29 is 14.3 Å². The van der Waals surface area contributed by atoms with E-state index in [2.05, 4.69) is 17.2 Å². The maximum absolute atomic E-state index is 12.2. The third kappa shape index (κ3) is 3.75. The highest BCUT2D eigenvalue weighted by molar-refractivity contribution is 5.92. The number of anilines is 1. The van der Waals surface area contributed by atoms with Gasteiger partial charge in [-0.3, -0.25) is 4.79 Å². The smallest absolute Gasteiger partial charge is 0.363 e. The molecule has 1 fully saturated rings. The van der Waals surface area contributed by atoms with Crippen molar-refractivity contribution in [2.24, 2.45) is 5.92 Å². The van der Waals surface area contributed by atoms with Crippen molar-refractivity contribution >= 4 is 17.7 Å². The van der Waals surface area contributed by atoms with Crippen LogP contribution in [-0.2, 0) is 16.1 Å². The van der Waals surface area contributed by atoms with Crippen LogP contribution < -0.4 is 5.73 Å². The van der Waals surface area contributed by atoms with E-state index in [9.17, 15) is 9.59 Å². The molecule has 0 aromatic carbocycles. The minimum atomic E-state index is -0.627. The quantitative estimate of drug-likeness (QED) is 0.820. The molecule has 1 saturated heterocycles. The van der Waals surface area contributed by atoms with Gasteiger partial charge < -0.3 is 15.4 Å². The van der Waals surface area contributed by atoms with Gasteiger partial charge in [0, 0.05) is 13.1 Å². The van der Waals surface area contributed by atoms with Crippen LogP contribution in [0.3, 0.4) is 0 Å². The first-order valence-corrected chi connectivity index (χ1v) is 7.56. The molecule has 2 rings (SSSR count). The molecule has 8 heteroatoms. The Morgan fingerprint density at radius 2 is 2.00 bits per heavy atom. The summed E-state index contributed by atoms with van der Waals surface area (Å²) in [4.78, 5) is 25.8. The number of likely N-dealkylation sites (tertiary alicyclic amines) is 1. The number of rotatable bonds is 4. The topological polar surface area (TPSA) is 103 Å². The van der Waals surface area contributed by atoms with Crippen LogP contribution in [0.5, 0.6) is 0 Å². The van der Waals surface area contributed by atoms with Crippen LogP contribution in [0.15, 0.2) is 0 Å². The summed E-state index contributed by atoms with van der Waals surface area (Å²) in [6.45, 7) is 7.14. The Hall–Kier alpha value is -2.12. The van der Waals surface area contributed by atoms with Crippen LogP contribution in [-0.4, -0.2) is 51.0 Å². The molecule has 0 atom stereocenters. The summed E-state index contributed by atoms with van der Waals surface area (Å²) in [5.74, 6) is 0.0209. The monoisotopic (exact) mass is 309 g/mol. The van der Waals surface area contributed by atoms with Crippen LogP contribution in [0.1, 0.15) is 44.1 Å². The third-order valence-electron chi connectivity index (χ3n) is 3.73. The molecule has 0 bridgehead atoms. The Labute approximate surface area is 129 Å². The third-order valence-corrected chi connectivity index (χ3v) is 3.73. The summed E-state index contributed by atoms with van der Waals surface area (Å²) in [6.07, 6.45) is 1.74. The zero-order valence-electron chi connectivity index (χ0n) is 13.3. The number of aromatic nitrogens is 3. The fourth-order valence-electron chi connectivity index (χ4n) is 2.34. The molecule has 1 amide bonds. The standard InChI is InChI=1S/C14H23N5O3/c1-9(2)22-14(21)12-13(15)19(17-16-12)8-11(20)18-6-4-10(3)5-7-18/h9-10H,4-8,15H2,1-3H3. The molecule has 1 aromatic rings. The lowest BCUT2D eigenvalue weighted by Crippen LogP contribution is -2.40. The van der Waals surface area contributed by atoms with E-state index in [1.54, 1.807) is 18.7 Å². The zero-order chi connectivity index (χ0) is 16.3. The van der Waals surface area contributed by atoms with Gasteiger partial charge in [0.2, 0.25) is 11.6 Å². The second-order valence-electron chi connectivity index (χ2n) is 6.00. The predicted octanol–water partition coefficient (Wildman–Crippen LogP) is 0.684. The van der Waals surface area contributed by atoms with E-state index in [0.29, 0.717) is 5.92 Å². The summed E-state index contributed by atoms with van der Waals surface area (Å²) in [5.41, 5.74) is 5.80. The molecule has 0 aliphatic carbocycles. The van der Waals surface area contributed by atoms with Gasteiger partial charge in [-0.05, 0) is 32.6 Å². The Kier molecular flexibility index (Phi) is 4.99. The minimum absolute atomic E-state index is 0.0117. The van der Waals surface area contributed by atoms with Gasteiger partial charge >= 0.3 is 5.97 Å². The van der Waals surface area contributed by atoms with Gasteiger partial charge in [0.1, 0.15) is 6.54 Å². The Balaban J connectivity index is 2.00. The predicted molar refractivity (Wildman–Crippen MR) is 80.0 cm³/mol. The van der Waals surface area contributed by atoms with Gasteiger partial charge in [0.15, 0.2) is 5.82 Å². The van der Waals surface area contributed by atoms with Crippen molar-refractivity contribution in [3.8, 4) is 0 Å². The van der Waals surface area contributed by atoms with Crippen molar-refractivity contribution in [1.29, 1.82) is 0 Å². The summed E-state index contributed by atoms with van der Waals surface area (Å²) in [7, 11) is 0. The molecular weight excluding hydrogens is 286 g/mol. The lowest BCUT2D eigenvalue weighted by atomic mass is 9.99. The first-order chi connectivity index (χ1) is 10.4. The van der Waals surface area contributed by atoms with Gasteiger partial charge in [-0.2, -0.15) is 0 Å². The molecule has 2 N–H and O–H groups in total. The highest BCUT2D eigenvalue weighted by atomic mass is 16.5. The molecule has 0 saturated carbocycles. The molecule has 1 aliphatic rings. The fraction of sp³-hybridized carbons (Fsp3) is 0.714. The number of nitrogen functional groups attached to an aromatic ring is 1. The van der Waals surface area contributed by atoms with Crippen molar-refractivity contribution in [3.05, 3.63) is 5.69 Å². The van der Waals surface area contributed by atoms with Crippen LogP contribution in [0.2, 0.25) is 0 Å². The normalized spacial score (nSPS) is 16.1. The Morgan fingerprint density at radius 3 is 2.59 bits per heavy atom. The van der Waals surface area contributed by atoms with E-state index in [-0.39, 0.29) is 30.1 Å². The van der Waals surface area contributed by atoms with E-state index >= 15 is 0 Å². The molecule has 0 spiro atoms. The lowest BCUT2D eigenvalue weighted by Gasteiger charge is -2.30. The van der Waals surface area contributed by atoms with E-state index < -0.39 is 5.97 Å². The first-order valence-electron chi connectivity index (χ1n) is 7.56. The zero-order valence-corrected chi connectivity index (χ0v) is 13.3. The summed E-state index contributed by atoms with van der Waals surface area (Å²) >= 11 is 0. The van der Waals surface area contributed by atoms with E-state index in [0.717, 1.165) is 25.9 Å². The Morgan fingerprint density at radius 1 is 1.36 bits per heavy atom. The molecule has 2 heterocycles. The first kappa shape index (κ1) is 16.3. The number of hydrogen-bond acceptors (Lipinski definition) is 6. The van der Waals surface area contributed by atoms with Gasteiger partial charge in [0.25, 0.3) is 0 Å². The fourth-order valence-corrected chi connectivity index (χ4v) is 2.34. The van der Waals surface area contributed by atoms with E-state index in [1.807, 2.05) is 0 Å². The number of carbonyl (C=O) groups is 2. The molecule has 22 heavy (non-hydrogen) atoms. The average molecular weight is 309 g/mol. The number of amides is 1. The molecule has 8 nitrogen and oxygen atoms in total. The number of ether oxygens (including phenoxy) is 1. The highest BCUT2D eigenvalue weighted by Crippen LogP contribution is 2.17. The van der Waals surface area contributed by atoms with Crippen LogP contribution in [0, 0.1) is 5.92 Å². The molecule has 0 unspecified atom stereocenters. The molecule has 0 radical (unpaired) electrons. The average Bonchev–Trinajstić information content (AvgIpc) is 2.80. The Bertz CT molecular complexity index is 547. The van der Waals surface area contributed by atoms with Gasteiger partial charge in [-0.15, -0.1) is 5.10 Å². The maximum atomic E-state index is 12.2. The van der Waals surface area contributed by atoms with Crippen molar-refractivity contribution in [2.75, 3.05) is 18.8 Å². The minimum Gasteiger partial charge on any atom is -0.458 e. The number of nitrogens with zero attached hydrogens (tertiary/aromatic N) is 4. The molecule has 1 aromatic heterocycles. The lowest BCUT2D eigenvalue weighted by molar-refractivity contribution is -0.133. The second kappa shape index (κ2) is 6.76. The largest absolute Gasteiger partial charge is 0.458 e. The van der Waals surface area contributed by atoms with E-state index in [4.69, 9.17) is 10.5 Å². The second-order valence-corrected chi connectivity index (χ2v) is 6.00. The summed E-state index contributed by atoms with van der Waals surface area (Å²) < 4.78 is 6.28. The number of nitrogens with two attached hydrogens (primary N) is 1.